The summed E-state index contributed by atoms with van der Waals surface area (Å²) < 4.78 is 2.73. The fourth-order valence-electron chi connectivity index (χ4n) is 0.175. The Hall–Kier alpha value is -0.550. The van der Waals surface area contributed by atoms with Gasteiger partial charge in [-0.3, -0.25) is 10.1 Å². The summed E-state index contributed by atoms with van der Waals surface area (Å²) in [5.74, 6) is -0.869. The molecule has 0 rings (SSSR count). The van der Waals surface area contributed by atoms with Gasteiger partial charge in [-0.05, 0) is 0 Å². The van der Waals surface area contributed by atoms with Gasteiger partial charge in [-0.15, -0.1) is 16.0 Å². The van der Waals surface area contributed by atoms with Crippen molar-refractivity contribution in [3.63, 3.8) is 0 Å². The molecule has 0 atom stereocenters. The average molecular weight is 167 g/mol. The van der Waals surface area contributed by atoms with Crippen molar-refractivity contribution in [3.05, 3.63) is 0 Å². The highest BCUT2D eigenvalue weighted by atomic mass is 35.5. The molecule has 0 bridgehead atoms. The Morgan fingerprint density at radius 1 is 1.67 bits per heavy atom. The number of amides is 3. The van der Waals surface area contributed by atoms with E-state index in [1.165, 1.54) is 0 Å². The quantitative estimate of drug-likeness (QED) is 0.566. The van der Waals surface area contributed by atoms with E-state index in [1.54, 1.807) is 5.32 Å². The Labute approximate surface area is 61.7 Å². The number of carbonyl (C=O) groups is 2. The van der Waals surface area contributed by atoms with Crippen molar-refractivity contribution in [2.75, 3.05) is 5.88 Å². The molecule has 0 saturated carbocycles. The lowest BCUT2D eigenvalue weighted by Gasteiger charge is -1.90. The molecule has 3 amide bonds. The predicted molar refractivity (Wildman–Crippen MR) is 34.1 cm³/mol. The van der Waals surface area contributed by atoms with Crippen molar-refractivity contribution < 1.29 is 9.59 Å². The molecule has 0 heterocycles. The molecule has 50 valence electrons. The van der Waals surface area contributed by atoms with Crippen LogP contribution in [0.4, 0.5) is 4.79 Å². The molecule has 0 aliphatic carbocycles. The van der Waals surface area contributed by atoms with Gasteiger partial charge < -0.3 is 0 Å². The van der Waals surface area contributed by atoms with Gasteiger partial charge in [0.05, 0.1) is 0 Å². The van der Waals surface area contributed by atoms with Crippen molar-refractivity contribution in [3.8, 4) is 0 Å². The molecule has 0 fully saturated rings. The number of nitrogens with zero attached hydrogens (tertiary/aromatic N) is 1. The van der Waals surface area contributed by atoms with Crippen molar-refractivity contribution >= 4 is 36.0 Å². The second-order valence-corrected chi connectivity index (χ2v) is 1.53. The number of carbonyl (C=O) groups excluding carboxylic acids is 2. The van der Waals surface area contributed by atoms with E-state index in [-0.39, 0.29) is 5.88 Å². The summed E-state index contributed by atoms with van der Waals surface area (Å²) in [6.07, 6.45) is 0. The fraction of sp³-hybridized carbons (Fsp3) is 0.333. The van der Waals surface area contributed by atoms with Crippen LogP contribution < -0.4 is 5.32 Å². The number of halogens is 1. The van der Waals surface area contributed by atoms with E-state index in [9.17, 15) is 9.59 Å². The number of hydrogen-bond acceptors (Lipinski definition) is 3. The molecule has 0 aliphatic heterocycles. The van der Waals surface area contributed by atoms with E-state index in [0.29, 0.717) is 0 Å². The van der Waals surface area contributed by atoms with Gasteiger partial charge in [-0.25, -0.2) is 4.79 Å². The van der Waals surface area contributed by atoms with Gasteiger partial charge in [0.2, 0.25) is 5.91 Å². The van der Waals surface area contributed by atoms with Crippen LogP contribution in [0.1, 0.15) is 0 Å². The van der Waals surface area contributed by atoms with Gasteiger partial charge in [-0.2, -0.15) is 0 Å². The highest BCUT2D eigenvalue weighted by molar-refractivity contribution is 7.47. The van der Waals surface area contributed by atoms with Crippen molar-refractivity contribution in [1.82, 2.24) is 5.32 Å². The molecule has 9 heavy (non-hydrogen) atoms. The highest BCUT2D eigenvalue weighted by Gasteiger charge is 2.01. The number of hydrogen-bond donors (Lipinski definition) is 1. The highest BCUT2D eigenvalue weighted by Crippen LogP contribution is 1.76. The van der Waals surface area contributed by atoms with E-state index >= 15 is 0 Å². The maximum Gasteiger partial charge on any atom is 0.359 e. The van der Waals surface area contributed by atoms with Crippen LogP contribution in [-0.2, 0) is 17.2 Å². The van der Waals surface area contributed by atoms with Gasteiger partial charge in [0.15, 0.2) is 0 Å². The Morgan fingerprint density at radius 3 is 2.56 bits per heavy atom. The third-order valence-electron chi connectivity index (χ3n) is 0.451. The average Bonchev–Trinajstić information content (AvgIpc) is 1.87. The zero-order chi connectivity index (χ0) is 7.28. The van der Waals surface area contributed by atoms with Gasteiger partial charge in [0.1, 0.15) is 5.88 Å². The molecular formula is C3H3ClN2O2S. The Bertz CT molecular complexity index is 149. The summed E-state index contributed by atoms with van der Waals surface area (Å²) >= 11 is 8.97. The van der Waals surface area contributed by atoms with Crippen LogP contribution in [0, 0.1) is 0 Å². The summed E-state index contributed by atoms with van der Waals surface area (Å²) in [5.41, 5.74) is 0. The summed E-state index contributed by atoms with van der Waals surface area (Å²) in [6, 6.07) is -0.851. The van der Waals surface area contributed by atoms with Crippen molar-refractivity contribution in [2.45, 2.75) is 0 Å². The van der Waals surface area contributed by atoms with E-state index in [1.807, 2.05) is 0 Å². The number of nitrogens with one attached hydrogen (secondary N) is 1. The molecule has 0 aromatic heterocycles. The summed E-state index contributed by atoms with van der Waals surface area (Å²) in [5, 5.41) is 1.80. The minimum absolute atomic E-state index is 0.267. The van der Waals surface area contributed by atoms with Crippen LogP contribution in [0.25, 0.3) is 0 Å². The van der Waals surface area contributed by atoms with Gasteiger partial charge in [-0.1, -0.05) is 0 Å². The number of rotatable bonds is 1. The normalized spacial score (nSPS) is 8.11. The summed E-state index contributed by atoms with van der Waals surface area (Å²) in [7, 11) is 0. The van der Waals surface area contributed by atoms with Crippen molar-refractivity contribution in [1.29, 1.82) is 0 Å². The van der Waals surface area contributed by atoms with E-state index in [2.05, 4.69) is 16.8 Å². The minimum atomic E-state index is -0.851. The first-order valence-corrected chi connectivity index (χ1v) is 2.83. The summed E-state index contributed by atoms with van der Waals surface area (Å²) in [6.45, 7) is 0. The SMILES string of the molecule is O=C(CCl)NC(=O)N=S. The molecular weight excluding hydrogens is 164 g/mol. The molecule has 0 aromatic rings. The van der Waals surface area contributed by atoms with Crippen LogP contribution in [0.3, 0.4) is 0 Å². The van der Waals surface area contributed by atoms with Crippen molar-refractivity contribution in [2.24, 2.45) is 4.36 Å². The maximum atomic E-state index is 10.2. The van der Waals surface area contributed by atoms with E-state index in [4.69, 9.17) is 11.6 Å². The van der Waals surface area contributed by atoms with Crippen LogP contribution >= 0.6 is 11.6 Å². The predicted octanol–water partition coefficient (Wildman–Crippen LogP) is 0.192. The zero-order valence-electron chi connectivity index (χ0n) is 4.26. The molecule has 0 radical (unpaired) electrons. The molecule has 0 aliphatic rings. The Morgan fingerprint density at radius 2 is 2.22 bits per heavy atom. The molecule has 0 saturated heterocycles. The first kappa shape index (κ1) is 8.45. The van der Waals surface area contributed by atoms with Gasteiger partial charge >= 0.3 is 6.03 Å². The lowest BCUT2D eigenvalue weighted by molar-refractivity contribution is -0.117. The molecule has 4 nitrogen and oxygen atoms in total. The van der Waals surface area contributed by atoms with Crippen LogP contribution in [0.15, 0.2) is 4.36 Å². The number of imide groups is 1. The van der Waals surface area contributed by atoms with Crippen LogP contribution in [0.5, 0.6) is 0 Å². The lowest BCUT2D eigenvalue weighted by atomic mass is 10.7. The lowest BCUT2D eigenvalue weighted by Crippen LogP contribution is -2.28. The first-order chi connectivity index (χ1) is 4.20. The zero-order valence-corrected chi connectivity index (χ0v) is 5.83. The molecule has 6 heteroatoms. The second-order valence-electron chi connectivity index (χ2n) is 1.08. The maximum absolute atomic E-state index is 10.2. The van der Waals surface area contributed by atoms with Crippen LogP contribution in [0.2, 0.25) is 0 Å². The first-order valence-electron chi connectivity index (χ1n) is 1.94. The van der Waals surface area contributed by atoms with Gasteiger partial charge in [0.25, 0.3) is 0 Å². The smallest absolute Gasteiger partial charge is 0.274 e. The Kier molecular flexibility index (Phi) is 4.08. The monoisotopic (exact) mass is 166 g/mol. The minimum Gasteiger partial charge on any atom is -0.274 e. The van der Waals surface area contributed by atoms with E-state index < -0.39 is 11.9 Å². The molecule has 0 spiro atoms. The molecule has 1 N–H and O–H groups in total. The number of alkyl halides is 1. The standard InChI is InChI=1S/C3H3ClN2O2S/c4-1-2(7)5-3(8)6-9/h1H2,(H,5,7,8). The summed E-state index contributed by atoms with van der Waals surface area (Å²) in [4.78, 5) is 20.3. The van der Waals surface area contributed by atoms with Crippen LogP contribution in [-0.4, -0.2) is 17.8 Å². The number of urea groups is 1. The third-order valence-corrected chi connectivity index (χ3v) is 0.859. The second kappa shape index (κ2) is 4.34. The Balaban J connectivity index is 3.59. The molecule has 0 aromatic carbocycles. The third kappa shape index (κ3) is 3.99. The molecule has 0 unspecified atom stereocenters. The van der Waals surface area contributed by atoms with E-state index in [0.717, 1.165) is 0 Å². The van der Waals surface area contributed by atoms with Gasteiger partial charge in [0, 0.05) is 12.4 Å². The largest absolute Gasteiger partial charge is 0.359 e. The topological polar surface area (TPSA) is 58.5 Å². The fourth-order valence-corrected chi connectivity index (χ4v) is 0.288.